The van der Waals surface area contributed by atoms with E-state index in [9.17, 15) is 4.79 Å². The first-order chi connectivity index (χ1) is 15.6. The number of hydrogen-bond acceptors (Lipinski definition) is 5. The number of aromatic nitrogens is 2. The Bertz CT molecular complexity index is 944. The standard InChI is InChI=1S/C25H36N4O3/c1-27-21-9-5-4-8-20(21)23(26-27)24(30)28-14-10-19(11-15-28)29-18-22(32-17-16-31-2)25(29)12-6-3-7-13-25/h4-5,8-9,19,22H,3,6-7,10-18H2,1-2H3. The molecule has 1 saturated carbocycles. The molecule has 0 N–H and O–H groups in total. The third kappa shape index (κ3) is 3.74. The van der Waals surface area contributed by atoms with Gasteiger partial charge in [0.1, 0.15) is 0 Å². The van der Waals surface area contributed by atoms with Crippen LogP contribution in [0.5, 0.6) is 0 Å². The number of nitrogens with zero attached hydrogens (tertiary/aromatic N) is 4. The Labute approximate surface area is 190 Å². The average molecular weight is 441 g/mol. The SMILES string of the molecule is COCCOC1CN(C2CCN(C(=O)c3nn(C)c4ccccc34)CC2)C12CCCCC2. The maximum absolute atomic E-state index is 13.3. The van der Waals surface area contributed by atoms with Crippen LogP contribution < -0.4 is 0 Å². The number of para-hydroxylation sites is 1. The summed E-state index contributed by atoms with van der Waals surface area (Å²) in [5, 5.41) is 5.49. The third-order valence-corrected chi connectivity index (χ3v) is 8.01. The van der Waals surface area contributed by atoms with E-state index in [0.29, 0.717) is 31.1 Å². The number of fused-ring (bicyclic) bond motifs is 1. The fraction of sp³-hybridized carbons (Fsp3) is 0.680. The molecule has 7 heteroatoms. The van der Waals surface area contributed by atoms with Crippen molar-refractivity contribution < 1.29 is 14.3 Å². The highest BCUT2D eigenvalue weighted by atomic mass is 16.5. The number of piperidine rings is 1. The number of benzene rings is 1. The maximum atomic E-state index is 13.3. The molecular formula is C25H36N4O3. The van der Waals surface area contributed by atoms with E-state index in [1.54, 1.807) is 7.11 Å². The van der Waals surface area contributed by atoms with Crippen LogP contribution >= 0.6 is 0 Å². The van der Waals surface area contributed by atoms with Gasteiger partial charge in [0.25, 0.3) is 5.91 Å². The summed E-state index contributed by atoms with van der Waals surface area (Å²) in [4.78, 5) is 18.0. The molecule has 1 amide bonds. The highest BCUT2D eigenvalue weighted by Crippen LogP contribution is 2.47. The van der Waals surface area contributed by atoms with E-state index in [-0.39, 0.29) is 11.4 Å². The third-order valence-electron chi connectivity index (χ3n) is 8.01. The van der Waals surface area contributed by atoms with Crippen LogP contribution in [0.4, 0.5) is 0 Å². The molecule has 5 rings (SSSR count). The Morgan fingerprint density at radius 2 is 1.88 bits per heavy atom. The van der Waals surface area contributed by atoms with Crippen molar-refractivity contribution in [1.29, 1.82) is 0 Å². The average Bonchev–Trinajstić information content (AvgIpc) is 3.18. The van der Waals surface area contributed by atoms with Gasteiger partial charge < -0.3 is 14.4 Å². The Morgan fingerprint density at radius 3 is 2.62 bits per heavy atom. The molecule has 32 heavy (non-hydrogen) atoms. The molecule has 1 aromatic heterocycles. The maximum Gasteiger partial charge on any atom is 0.275 e. The van der Waals surface area contributed by atoms with Gasteiger partial charge in [0.15, 0.2) is 5.69 Å². The van der Waals surface area contributed by atoms with E-state index in [2.05, 4.69) is 10.00 Å². The molecule has 1 unspecified atom stereocenters. The highest BCUT2D eigenvalue weighted by Gasteiger charge is 2.56. The molecule has 7 nitrogen and oxygen atoms in total. The zero-order valence-corrected chi connectivity index (χ0v) is 19.5. The molecule has 1 aliphatic carbocycles. The van der Waals surface area contributed by atoms with E-state index in [0.717, 1.165) is 43.4 Å². The molecule has 2 saturated heterocycles. The molecule has 1 atom stereocenters. The van der Waals surface area contributed by atoms with Crippen molar-refractivity contribution in [1.82, 2.24) is 19.6 Å². The summed E-state index contributed by atoms with van der Waals surface area (Å²) in [6.45, 7) is 3.97. The fourth-order valence-corrected chi connectivity index (χ4v) is 6.27. The van der Waals surface area contributed by atoms with Gasteiger partial charge in [0.2, 0.25) is 0 Å². The normalized spacial score (nSPS) is 24.2. The lowest BCUT2D eigenvalue weighted by Gasteiger charge is -2.63. The molecule has 3 fully saturated rings. The Kier molecular flexibility index (Phi) is 6.23. The zero-order chi connectivity index (χ0) is 22.1. The van der Waals surface area contributed by atoms with Crippen molar-refractivity contribution in [2.45, 2.75) is 62.6 Å². The summed E-state index contributed by atoms with van der Waals surface area (Å²) in [6, 6.07) is 8.53. The summed E-state index contributed by atoms with van der Waals surface area (Å²) < 4.78 is 13.3. The molecule has 2 aromatic rings. The smallest absolute Gasteiger partial charge is 0.275 e. The summed E-state index contributed by atoms with van der Waals surface area (Å²) >= 11 is 0. The molecular weight excluding hydrogens is 404 g/mol. The minimum absolute atomic E-state index is 0.0667. The fourth-order valence-electron chi connectivity index (χ4n) is 6.27. The molecule has 0 radical (unpaired) electrons. The van der Waals surface area contributed by atoms with E-state index < -0.39 is 0 Å². The van der Waals surface area contributed by atoms with Crippen molar-refractivity contribution in [3.05, 3.63) is 30.0 Å². The van der Waals surface area contributed by atoms with Crippen LogP contribution in [0.1, 0.15) is 55.4 Å². The van der Waals surface area contributed by atoms with Crippen molar-refractivity contribution in [3.8, 4) is 0 Å². The number of carbonyl (C=O) groups excluding carboxylic acids is 1. The number of likely N-dealkylation sites (tertiary alicyclic amines) is 2. The first-order valence-electron chi connectivity index (χ1n) is 12.2. The number of methoxy groups -OCH3 is 1. The topological polar surface area (TPSA) is 59.8 Å². The van der Waals surface area contributed by atoms with Crippen LogP contribution in [0.25, 0.3) is 10.9 Å². The molecule has 2 aliphatic heterocycles. The van der Waals surface area contributed by atoms with Gasteiger partial charge in [-0.3, -0.25) is 14.4 Å². The first kappa shape index (κ1) is 21.9. The lowest BCUT2D eigenvalue weighted by molar-refractivity contribution is -0.203. The number of rotatable bonds is 6. The minimum Gasteiger partial charge on any atom is -0.382 e. The van der Waals surface area contributed by atoms with Crippen LogP contribution in [0, 0.1) is 0 Å². The van der Waals surface area contributed by atoms with Crippen LogP contribution in [-0.4, -0.2) is 83.1 Å². The van der Waals surface area contributed by atoms with Crippen molar-refractivity contribution in [2.75, 3.05) is 40.0 Å². The van der Waals surface area contributed by atoms with Gasteiger partial charge in [-0.1, -0.05) is 37.5 Å². The number of ether oxygens (including phenoxy) is 2. The van der Waals surface area contributed by atoms with Crippen molar-refractivity contribution in [3.63, 3.8) is 0 Å². The molecule has 174 valence electrons. The quantitative estimate of drug-likeness (QED) is 0.646. The number of amides is 1. The van der Waals surface area contributed by atoms with Crippen LogP contribution in [0.2, 0.25) is 0 Å². The predicted octanol–water partition coefficient (Wildman–Crippen LogP) is 3.23. The number of carbonyl (C=O) groups is 1. The summed E-state index contributed by atoms with van der Waals surface area (Å²) in [6.07, 6.45) is 8.80. The largest absolute Gasteiger partial charge is 0.382 e. The zero-order valence-electron chi connectivity index (χ0n) is 19.5. The van der Waals surface area contributed by atoms with Gasteiger partial charge in [-0.15, -0.1) is 0 Å². The lowest BCUT2D eigenvalue weighted by Crippen LogP contribution is -2.75. The van der Waals surface area contributed by atoms with Crippen LogP contribution in [0.15, 0.2) is 24.3 Å². The van der Waals surface area contributed by atoms with Gasteiger partial charge in [0, 0.05) is 50.8 Å². The molecule has 3 aliphatic rings. The monoisotopic (exact) mass is 440 g/mol. The molecule has 1 spiro atoms. The van der Waals surface area contributed by atoms with Gasteiger partial charge in [-0.05, 0) is 31.7 Å². The number of aryl methyl sites for hydroxylation is 1. The Hall–Kier alpha value is -1.96. The number of hydrogen-bond donors (Lipinski definition) is 0. The second-order valence-corrected chi connectivity index (χ2v) is 9.68. The Morgan fingerprint density at radius 1 is 1.12 bits per heavy atom. The van der Waals surface area contributed by atoms with E-state index >= 15 is 0 Å². The molecule has 1 aromatic carbocycles. The summed E-state index contributed by atoms with van der Waals surface area (Å²) in [5.41, 5.74) is 1.80. The minimum atomic E-state index is 0.0667. The highest BCUT2D eigenvalue weighted by molar-refractivity contribution is 6.04. The predicted molar refractivity (Wildman–Crippen MR) is 124 cm³/mol. The summed E-state index contributed by atoms with van der Waals surface area (Å²) in [5.74, 6) is 0.0667. The first-order valence-corrected chi connectivity index (χ1v) is 12.2. The van der Waals surface area contributed by atoms with Gasteiger partial charge in [0.05, 0.1) is 24.8 Å². The Balaban J connectivity index is 1.24. The summed E-state index contributed by atoms with van der Waals surface area (Å²) in [7, 11) is 3.64. The lowest BCUT2D eigenvalue weighted by atomic mass is 9.69. The van der Waals surface area contributed by atoms with Gasteiger partial charge >= 0.3 is 0 Å². The van der Waals surface area contributed by atoms with Crippen LogP contribution in [-0.2, 0) is 16.5 Å². The molecule has 0 bridgehead atoms. The second-order valence-electron chi connectivity index (χ2n) is 9.68. The second kappa shape index (κ2) is 9.12. The van der Waals surface area contributed by atoms with Crippen molar-refractivity contribution in [2.24, 2.45) is 7.05 Å². The molecule has 3 heterocycles. The van der Waals surface area contributed by atoms with E-state index in [1.165, 1.54) is 32.1 Å². The van der Waals surface area contributed by atoms with Gasteiger partial charge in [-0.25, -0.2) is 0 Å². The van der Waals surface area contributed by atoms with Gasteiger partial charge in [-0.2, -0.15) is 5.10 Å². The van der Waals surface area contributed by atoms with E-state index in [1.807, 2.05) is 40.9 Å². The van der Waals surface area contributed by atoms with Crippen molar-refractivity contribution >= 4 is 16.8 Å². The van der Waals surface area contributed by atoms with Crippen LogP contribution in [0.3, 0.4) is 0 Å². The van der Waals surface area contributed by atoms with E-state index in [4.69, 9.17) is 9.47 Å².